The van der Waals surface area contributed by atoms with Crippen molar-refractivity contribution in [2.24, 2.45) is 0 Å². The van der Waals surface area contributed by atoms with Gasteiger partial charge < -0.3 is 20.3 Å². The van der Waals surface area contributed by atoms with Gasteiger partial charge in [-0.15, -0.1) is 18.8 Å². The van der Waals surface area contributed by atoms with Crippen LogP contribution >= 0.6 is 0 Å². The number of amides is 2. The number of hydrogen-bond acceptors (Lipinski definition) is 4. The Morgan fingerprint density at radius 3 is 2.86 bits per heavy atom. The van der Waals surface area contributed by atoms with Crippen molar-refractivity contribution in [2.45, 2.75) is 50.4 Å². The molecule has 0 radical (unpaired) electrons. The molecule has 0 bridgehead atoms. The monoisotopic (exact) mass is 379 g/mol. The van der Waals surface area contributed by atoms with Crippen LogP contribution in [0.3, 0.4) is 0 Å². The fourth-order valence-corrected chi connectivity index (χ4v) is 4.07. The normalized spacial score (nSPS) is 24.5. The van der Waals surface area contributed by atoms with Gasteiger partial charge in [-0.3, -0.25) is 9.59 Å². The average molecular weight is 379 g/mol. The largest absolute Gasteiger partial charge is 0.362 e. The molecule has 146 valence electrons. The van der Waals surface area contributed by atoms with E-state index < -0.39 is 17.8 Å². The fraction of sp³-hybridized carbons (Fsp3) is 0.455. The molecule has 0 saturated carbocycles. The standard InChI is InChI=1S/C22H25N3O3/c1-4-7-12-19(26)25-18(20(27)23-13-5-2)15-22(28-14-6-3)16-10-8-9-11-17(16)24-21(22)25/h1,3,8-11,18,21,24H,5,7,12-15H2,2H3,(H,23,27)/t18-,21+,22-/m1/s1. The Morgan fingerprint density at radius 2 is 2.14 bits per heavy atom. The molecule has 2 aliphatic heterocycles. The van der Waals surface area contributed by atoms with Gasteiger partial charge in [0, 0.05) is 37.1 Å². The molecule has 0 aliphatic carbocycles. The van der Waals surface area contributed by atoms with Crippen molar-refractivity contribution >= 4 is 17.5 Å². The minimum Gasteiger partial charge on any atom is -0.362 e. The number of ether oxygens (including phenoxy) is 1. The summed E-state index contributed by atoms with van der Waals surface area (Å²) in [7, 11) is 0. The predicted molar refractivity (Wildman–Crippen MR) is 107 cm³/mol. The summed E-state index contributed by atoms with van der Waals surface area (Å²) in [6, 6.07) is 7.07. The first-order valence-electron chi connectivity index (χ1n) is 9.54. The second kappa shape index (κ2) is 8.37. The molecule has 1 saturated heterocycles. The molecule has 2 heterocycles. The number of nitrogens with zero attached hydrogens (tertiary/aromatic N) is 1. The van der Waals surface area contributed by atoms with Crippen LogP contribution < -0.4 is 10.6 Å². The van der Waals surface area contributed by atoms with E-state index in [0.717, 1.165) is 17.7 Å². The molecule has 1 aromatic rings. The molecule has 2 amide bonds. The Labute approximate surface area is 166 Å². The lowest BCUT2D eigenvalue weighted by Crippen LogP contribution is -2.52. The number of hydrogen-bond donors (Lipinski definition) is 2. The van der Waals surface area contributed by atoms with E-state index in [9.17, 15) is 9.59 Å². The van der Waals surface area contributed by atoms with Crippen molar-refractivity contribution in [3.8, 4) is 24.7 Å². The molecule has 0 spiro atoms. The lowest BCUT2D eigenvalue weighted by molar-refractivity contribution is -0.141. The Hall–Kier alpha value is -2.96. The van der Waals surface area contributed by atoms with Crippen molar-refractivity contribution in [3.63, 3.8) is 0 Å². The summed E-state index contributed by atoms with van der Waals surface area (Å²) < 4.78 is 6.15. The van der Waals surface area contributed by atoms with E-state index in [-0.39, 0.29) is 24.8 Å². The average Bonchev–Trinajstić information content (AvgIpc) is 3.19. The van der Waals surface area contributed by atoms with E-state index in [1.165, 1.54) is 0 Å². The fourth-order valence-electron chi connectivity index (χ4n) is 4.07. The minimum atomic E-state index is -0.872. The minimum absolute atomic E-state index is 0.0855. The Morgan fingerprint density at radius 1 is 1.36 bits per heavy atom. The number of likely N-dealkylation sites (tertiary alicyclic amines) is 1. The maximum absolute atomic E-state index is 13.0. The summed E-state index contributed by atoms with van der Waals surface area (Å²) >= 11 is 0. The topological polar surface area (TPSA) is 70.7 Å². The van der Waals surface area contributed by atoms with Gasteiger partial charge in [-0.25, -0.2) is 0 Å². The molecule has 3 atom stereocenters. The molecule has 1 fully saturated rings. The molecule has 1 aromatic carbocycles. The number of nitrogens with one attached hydrogen (secondary N) is 2. The summed E-state index contributed by atoms with van der Waals surface area (Å²) in [6.07, 6.45) is 11.9. The van der Waals surface area contributed by atoms with Crippen LogP contribution in [0.5, 0.6) is 0 Å². The van der Waals surface area contributed by atoms with Crippen LogP contribution in [0, 0.1) is 24.7 Å². The molecular weight excluding hydrogens is 354 g/mol. The molecule has 0 unspecified atom stereocenters. The van der Waals surface area contributed by atoms with Crippen molar-refractivity contribution in [3.05, 3.63) is 29.8 Å². The maximum Gasteiger partial charge on any atom is 0.243 e. The zero-order chi connectivity index (χ0) is 20.1. The van der Waals surface area contributed by atoms with Crippen LogP contribution in [0.1, 0.15) is 38.2 Å². The highest BCUT2D eigenvalue weighted by Gasteiger charge is 2.61. The van der Waals surface area contributed by atoms with Gasteiger partial charge in [0.05, 0.1) is 0 Å². The van der Waals surface area contributed by atoms with Crippen molar-refractivity contribution < 1.29 is 14.3 Å². The molecular formula is C22H25N3O3. The van der Waals surface area contributed by atoms with Gasteiger partial charge in [0.2, 0.25) is 11.8 Å². The van der Waals surface area contributed by atoms with Gasteiger partial charge in [-0.2, -0.15) is 0 Å². The van der Waals surface area contributed by atoms with Crippen molar-refractivity contribution in [2.75, 3.05) is 18.5 Å². The van der Waals surface area contributed by atoms with Crippen molar-refractivity contribution in [1.82, 2.24) is 10.2 Å². The summed E-state index contributed by atoms with van der Waals surface area (Å²) in [5.74, 6) is 4.64. The third kappa shape index (κ3) is 3.32. The smallest absolute Gasteiger partial charge is 0.243 e. The van der Waals surface area contributed by atoms with E-state index in [4.69, 9.17) is 17.6 Å². The first kappa shape index (κ1) is 19.8. The van der Waals surface area contributed by atoms with Crippen LogP contribution in [-0.2, 0) is 19.9 Å². The lowest BCUT2D eigenvalue weighted by Gasteiger charge is -2.32. The van der Waals surface area contributed by atoms with Gasteiger partial charge in [-0.1, -0.05) is 31.0 Å². The van der Waals surface area contributed by atoms with Crippen molar-refractivity contribution in [1.29, 1.82) is 0 Å². The van der Waals surface area contributed by atoms with Gasteiger partial charge in [-0.05, 0) is 12.5 Å². The highest BCUT2D eigenvalue weighted by atomic mass is 16.5. The molecule has 2 N–H and O–H groups in total. The Balaban J connectivity index is 2.01. The Bertz CT molecular complexity index is 838. The van der Waals surface area contributed by atoms with Crippen LogP contribution in [0.25, 0.3) is 0 Å². The van der Waals surface area contributed by atoms with Crippen LogP contribution in [0.4, 0.5) is 5.69 Å². The van der Waals surface area contributed by atoms with Crippen LogP contribution in [0.15, 0.2) is 24.3 Å². The second-order valence-electron chi connectivity index (χ2n) is 6.99. The van der Waals surface area contributed by atoms with Gasteiger partial charge in [0.1, 0.15) is 24.4 Å². The zero-order valence-electron chi connectivity index (χ0n) is 16.0. The van der Waals surface area contributed by atoms with Crippen LogP contribution in [-0.4, -0.2) is 42.1 Å². The summed E-state index contributed by atoms with van der Waals surface area (Å²) in [4.78, 5) is 27.5. The quantitative estimate of drug-likeness (QED) is 0.709. The third-order valence-electron chi connectivity index (χ3n) is 5.26. The number of anilines is 1. The van der Waals surface area contributed by atoms with Gasteiger partial charge in [0.15, 0.2) is 0 Å². The first-order valence-corrected chi connectivity index (χ1v) is 9.54. The van der Waals surface area contributed by atoms with E-state index in [1.54, 1.807) is 4.90 Å². The molecule has 6 nitrogen and oxygen atoms in total. The van der Waals surface area contributed by atoms with Crippen LogP contribution in [0.2, 0.25) is 0 Å². The number of para-hydroxylation sites is 1. The number of carbonyl (C=O) groups excluding carboxylic acids is 2. The number of rotatable bonds is 7. The number of carbonyl (C=O) groups is 2. The van der Waals surface area contributed by atoms with Gasteiger partial charge in [0.25, 0.3) is 0 Å². The summed E-state index contributed by atoms with van der Waals surface area (Å²) in [5, 5.41) is 6.28. The maximum atomic E-state index is 13.0. The number of benzene rings is 1. The molecule has 6 heteroatoms. The van der Waals surface area contributed by atoms with E-state index in [2.05, 4.69) is 22.5 Å². The highest BCUT2D eigenvalue weighted by Crippen LogP contribution is 2.51. The first-order chi connectivity index (χ1) is 13.6. The van der Waals surface area contributed by atoms with E-state index in [1.807, 2.05) is 31.2 Å². The third-order valence-corrected chi connectivity index (χ3v) is 5.26. The SMILES string of the molecule is C#CCCC(=O)N1[C@@H](C(=O)NCCC)C[C@@]2(OCC#C)c3ccccc3N[C@@H]12. The van der Waals surface area contributed by atoms with Gasteiger partial charge >= 0.3 is 0 Å². The summed E-state index contributed by atoms with van der Waals surface area (Å²) in [6.45, 7) is 2.62. The molecule has 28 heavy (non-hydrogen) atoms. The lowest BCUT2D eigenvalue weighted by atomic mass is 9.90. The molecule has 3 rings (SSSR count). The van der Waals surface area contributed by atoms with E-state index >= 15 is 0 Å². The molecule has 2 aliphatic rings. The second-order valence-corrected chi connectivity index (χ2v) is 6.99. The predicted octanol–water partition coefficient (Wildman–Crippen LogP) is 1.82. The summed E-state index contributed by atoms with van der Waals surface area (Å²) in [5.41, 5.74) is 0.922. The number of fused-ring (bicyclic) bond motifs is 3. The Kier molecular flexibility index (Phi) is 5.92. The highest BCUT2D eigenvalue weighted by molar-refractivity contribution is 5.90. The zero-order valence-corrected chi connectivity index (χ0v) is 16.0. The molecule has 0 aromatic heterocycles. The van der Waals surface area contributed by atoms with E-state index in [0.29, 0.717) is 19.4 Å². The number of terminal acetylenes is 2.